The van der Waals surface area contributed by atoms with Crippen molar-refractivity contribution in [3.8, 4) is 0 Å². The van der Waals surface area contributed by atoms with Gasteiger partial charge in [0.2, 0.25) is 0 Å². The van der Waals surface area contributed by atoms with Crippen LogP contribution in [-0.4, -0.2) is 15.9 Å². The summed E-state index contributed by atoms with van der Waals surface area (Å²) < 4.78 is 0.852. The molecule has 7 heteroatoms. The van der Waals surface area contributed by atoms with Crippen LogP contribution in [0.25, 0.3) is 10.9 Å². The van der Waals surface area contributed by atoms with Gasteiger partial charge in [0.1, 0.15) is 5.15 Å². The molecule has 1 amide bonds. The van der Waals surface area contributed by atoms with Crippen molar-refractivity contribution >= 4 is 60.8 Å². The molecule has 3 rings (SSSR count). The maximum atomic E-state index is 12.3. The van der Waals surface area contributed by atoms with E-state index in [-0.39, 0.29) is 11.1 Å². The van der Waals surface area contributed by atoms with Crippen LogP contribution in [0.1, 0.15) is 10.4 Å². The van der Waals surface area contributed by atoms with E-state index in [2.05, 4.69) is 31.2 Å². The highest BCUT2D eigenvalue weighted by atomic mass is 79.9. The average Bonchev–Trinajstić information content (AvgIpc) is 2.83. The van der Waals surface area contributed by atoms with Crippen LogP contribution in [0.5, 0.6) is 0 Å². The van der Waals surface area contributed by atoms with Gasteiger partial charge in [-0.3, -0.25) is 10.1 Å². The molecule has 0 fully saturated rings. The third-order valence-corrected chi connectivity index (χ3v) is 4.21. The van der Waals surface area contributed by atoms with Crippen molar-refractivity contribution in [2.45, 2.75) is 0 Å². The molecule has 20 heavy (non-hydrogen) atoms. The van der Waals surface area contributed by atoms with Crippen molar-refractivity contribution in [1.82, 2.24) is 9.97 Å². The number of fused-ring (bicyclic) bond motifs is 1. The van der Waals surface area contributed by atoms with Crippen LogP contribution in [0.2, 0.25) is 5.15 Å². The number of nitrogens with one attached hydrogen (secondary N) is 1. The van der Waals surface area contributed by atoms with E-state index in [4.69, 9.17) is 11.6 Å². The fraction of sp³-hybridized carbons (Fsp3) is 0. The summed E-state index contributed by atoms with van der Waals surface area (Å²) in [4.78, 5) is 20.6. The topological polar surface area (TPSA) is 54.9 Å². The highest BCUT2D eigenvalue weighted by Gasteiger charge is 2.13. The van der Waals surface area contributed by atoms with Gasteiger partial charge in [0.05, 0.1) is 21.1 Å². The Morgan fingerprint density at radius 1 is 1.35 bits per heavy atom. The molecule has 0 aliphatic carbocycles. The number of thiazole rings is 1. The molecule has 0 radical (unpaired) electrons. The fourth-order valence-electron chi connectivity index (χ4n) is 1.81. The molecule has 0 unspecified atom stereocenters. The van der Waals surface area contributed by atoms with Crippen molar-refractivity contribution in [2.75, 3.05) is 5.32 Å². The number of carbonyl (C=O) groups is 1. The van der Waals surface area contributed by atoms with Gasteiger partial charge >= 0.3 is 0 Å². The van der Waals surface area contributed by atoms with Gasteiger partial charge in [-0.15, -0.1) is 0 Å². The molecule has 0 aliphatic heterocycles. The van der Waals surface area contributed by atoms with E-state index in [1.54, 1.807) is 12.3 Å². The lowest BCUT2D eigenvalue weighted by atomic mass is 10.1. The molecule has 1 N–H and O–H groups in total. The number of aromatic nitrogens is 2. The first-order chi connectivity index (χ1) is 9.63. The molecule has 3 aromatic rings. The number of carbonyl (C=O) groups excluding carboxylic acids is 1. The molecular formula is C13H7BrClN3OS. The van der Waals surface area contributed by atoms with E-state index in [0.717, 1.165) is 9.17 Å². The number of benzene rings is 1. The summed E-state index contributed by atoms with van der Waals surface area (Å²) in [5.41, 5.74) is 1.16. The van der Waals surface area contributed by atoms with Crippen molar-refractivity contribution < 1.29 is 4.79 Å². The normalized spacial score (nSPS) is 10.7. The summed E-state index contributed by atoms with van der Waals surface area (Å²) in [6, 6.07) is 8.92. The highest BCUT2D eigenvalue weighted by Crippen LogP contribution is 2.25. The Morgan fingerprint density at radius 2 is 2.15 bits per heavy atom. The van der Waals surface area contributed by atoms with Gasteiger partial charge in [-0.1, -0.05) is 41.1 Å². The summed E-state index contributed by atoms with van der Waals surface area (Å²) in [5, 5.41) is 4.32. The van der Waals surface area contributed by atoms with E-state index in [9.17, 15) is 4.79 Å². The molecule has 1 aromatic carbocycles. The van der Waals surface area contributed by atoms with Crippen LogP contribution >= 0.6 is 38.9 Å². The first-order valence-corrected chi connectivity index (χ1v) is 7.60. The Balaban J connectivity index is 2.02. The monoisotopic (exact) mass is 367 g/mol. The molecule has 2 aromatic heterocycles. The van der Waals surface area contributed by atoms with Crippen LogP contribution in [0.4, 0.5) is 5.13 Å². The summed E-state index contributed by atoms with van der Waals surface area (Å²) in [6.07, 6.45) is 1.64. The minimum absolute atomic E-state index is 0.257. The van der Waals surface area contributed by atoms with Crippen LogP contribution in [0.3, 0.4) is 0 Å². The van der Waals surface area contributed by atoms with Gasteiger partial charge in [-0.25, -0.2) is 9.97 Å². The number of rotatable bonds is 2. The summed E-state index contributed by atoms with van der Waals surface area (Å²) in [5.74, 6) is -0.257. The Kier molecular flexibility index (Phi) is 3.69. The van der Waals surface area contributed by atoms with Crippen LogP contribution in [-0.2, 0) is 0 Å². The molecule has 0 bridgehead atoms. The van der Waals surface area contributed by atoms with Gasteiger partial charge in [-0.2, -0.15) is 0 Å². The second kappa shape index (κ2) is 5.47. The third-order valence-electron chi connectivity index (χ3n) is 2.63. The third kappa shape index (κ3) is 2.67. The van der Waals surface area contributed by atoms with Crippen LogP contribution in [0.15, 0.2) is 40.3 Å². The van der Waals surface area contributed by atoms with Gasteiger partial charge in [0.25, 0.3) is 5.91 Å². The number of amides is 1. The number of hydrogen-bond acceptors (Lipinski definition) is 4. The molecule has 2 heterocycles. The van der Waals surface area contributed by atoms with Crippen molar-refractivity contribution in [3.05, 3.63) is 51.0 Å². The summed E-state index contributed by atoms with van der Waals surface area (Å²) in [6.45, 7) is 0. The zero-order chi connectivity index (χ0) is 14.1. The van der Waals surface area contributed by atoms with E-state index in [0.29, 0.717) is 16.2 Å². The molecule has 0 spiro atoms. The van der Waals surface area contributed by atoms with Gasteiger partial charge in [0, 0.05) is 5.39 Å². The maximum Gasteiger partial charge on any atom is 0.258 e. The summed E-state index contributed by atoms with van der Waals surface area (Å²) >= 11 is 10.6. The SMILES string of the molecule is O=C(Nc1ncc(Br)s1)c1cc(Cl)nc2ccccc12. The van der Waals surface area contributed by atoms with Crippen molar-refractivity contribution in [1.29, 1.82) is 0 Å². The molecule has 4 nitrogen and oxygen atoms in total. The fourth-order valence-corrected chi connectivity index (χ4v) is 3.11. The van der Waals surface area contributed by atoms with Crippen molar-refractivity contribution in [2.24, 2.45) is 0 Å². The summed E-state index contributed by atoms with van der Waals surface area (Å²) in [7, 11) is 0. The lowest BCUT2D eigenvalue weighted by Gasteiger charge is -2.06. The standard InChI is InChI=1S/C13H7BrClN3OS/c14-10-6-16-13(20-10)18-12(19)8-5-11(15)17-9-4-2-1-3-7(8)9/h1-6H,(H,16,18,19). The lowest BCUT2D eigenvalue weighted by Crippen LogP contribution is -2.12. The lowest BCUT2D eigenvalue weighted by molar-refractivity contribution is 0.102. The zero-order valence-electron chi connectivity index (χ0n) is 9.93. The molecule has 100 valence electrons. The number of anilines is 1. The first kappa shape index (κ1) is 13.5. The Bertz CT molecular complexity index is 805. The first-order valence-electron chi connectivity index (χ1n) is 5.61. The maximum absolute atomic E-state index is 12.3. The zero-order valence-corrected chi connectivity index (χ0v) is 13.1. The highest BCUT2D eigenvalue weighted by molar-refractivity contribution is 9.11. The van der Waals surface area contributed by atoms with E-state index >= 15 is 0 Å². The Hall–Kier alpha value is -1.50. The molecule has 0 atom stereocenters. The van der Waals surface area contributed by atoms with Gasteiger partial charge in [-0.05, 0) is 28.1 Å². The quantitative estimate of drug-likeness (QED) is 0.684. The second-order valence-electron chi connectivity index (χ2n) is 3.93. The number of para-hydroxylation sites is 1. The number of hydrogen-bond donors (Lipinski definition) is 1. The average molecular weight is 369 g/mol. The minimum atomic E-state index is -0.257. The van der Waals surface area contributed by atoms with Gasteiger partial charge in [0.15, 0.2) is 5.13 Å². The molecule has 0 saturated carbocycles. The number of nitrogens with zero attached hydrogens (tertiary/aromatic N) is 2. The van der Waals surface area contributed by atoms with E-state index < -0.39 is 0 Å². The number of pyridine rings is 1. The Morgan fingerprint density at radius 3 is 2.90 bits per heavy atom. The second-order valence-corrected chi connectivity index (χ2v) is 6.73. The van der Waals surface area contributed by atoms with Crippen molar-refractivity contribution in [3.63, 3.8) is 0 Å². The van der Waals surface area contributed by atoms with E-state index in [1.165, 1.54) is 11.3 Å². The van der Waals surface area contributed by atoms with E-state index in [1.807, 2.05) is 24.3 Å². The Labute approximate surface area is 131 Å². The smallest absolute Gasteiger partial charge is 0.258 e. The molecule has 0 aliphatic rings. The molecular weight excluding hydrogens is 362 g/mol. The van der Waals surface area contributed by atoms with Crippen LogP contribution < -0.4 is 5.32 Å². The molecule has 0 saturated heterocycles. The predicted octanol–water partition coefficient (Wildman–Crippen LogP) is 4.36. The minimum Gasteiger partial charge on any atom is -0.298 e. The van der Waals surface area contributed by atoms with Gasteiger partial charge < -0.3 is 0 Å². The van der Waals surface area contributed by atoms with Crippen LogP contribution in [0, 0.1) is 0 Å². The number of halogens is 2. The largest absolute Gasteiger partial charge is 0.298 e. The predicted molar refractivity (Wildman–Crippen MR) is 84.5 cm³/mol.